The second-order valence-electron chi connectivity index (χ2n) is 15.9. The van der Waals surface area contributed by atoms with Crippen molar-refractivity contribution in [3.8, 4) is 28.1 Å². The minimum atomic E-state index is -5.11. The predicted octanol–water partition coefficient (Wildman–Crippen LogP) is 7.43. The number of anilines is 2. The number of methoxy groups -OCH3 is 1. The van der Waals surface area contributed by atoms with Crippen molar-refractivity contribution in [2.24, 2.45) is 11.3 Å². The van der Waals surface area contributed by atoms with Crippen molar-refractivity contribution < 1.29 is 46.2 Å². The van der Waals surface area contributed by atoms with Gasteiger partial charge < -0.3 is 39.8 Å². The molecule has 2 aliphatic heterocycles. The zero-order valence-electron chi connectivity index (χ0n) is 33.7. The number of aromatic nitrogens is 3. The van der Waals surface area contributed by atoms with Gasteiger partial charge in [-0.2, -0.15) is 4.39 Å². The third-order valence-corrected chi connectivity index (χ3v) is 10.6. The first-order valence-corrected chi connectivity index (χ1v) is 19.5. The zero-order chi connectivity index (χ0) is 43.7. The van der Waals surface area contributed by atoms with Crippen LogP contribution in [0.25, 0.3) is 22.4 Å². The van der Waals surface area contributed by atoms with Gasteiger partial charge in [0.05, 0.1) is 29.4 Å². The molecule has 6 rings (SSSR count). The van der Waals surface area contributed by atoms with Crippen molar-refractivity contribution >= 4 is 46.9 Å². The molecule has 3 N–H and O–H groups in total. The first kappa shape index (κ1) is 43.7. The monoisotopic (exact) mass is 856 g/mol. The lowest BCUT2D eigenvalue weighted by molar-refractivity contribution is -0.274. The summed E-state index contributed by atoms with van der Waals surface area (Å²) in [5.74, 6) is -1.62. The van der Waals surface area contributed by atoms with E-state index in [1.54, 1.807) is 6.07 Å². The summed E-state index contributed by atoms with van der Waals surface area (Å²) in [6.45, 7) is 11.1. The van der Waals surface area contributed by atoms with E-state index in [1.165, 1.54) is 54.6 Å². The maximum Gasteiger partial charge on any atom is 0.573 e. The van der Waals surface area contributed by atoms with Gasteiger partial charge >= 0.3 is 12.5 Å². The highest BCUT2D eigenvalue weighted by molar-refractivity contribution is 6.34. The first-order chi connectivity index (χ1) is 28.2. The Morgan fingerprint density at radius 2 is 1.68 bits per heavy atom. The number of halogens is 5. The molecule has 0 radical (unpaired) electrons. The average molecular weight is 857 g/mol. The fourth-order valence-electron chi connectivity index (χ4n) is 7.35. The number of aromatic amines is 1. The van der Waals surface area contributed by atoms with E-state index in [1.807, 2.05) is 44.4 Å². The van der Waals surface area contributed by atoms with Gasteiger partial charge in [-0.25, -0.2) is 14.8 Å². The highest BCUT2D eigenvalue weighted by atomic mass is 35.5. The molecule has 2 aromatic heterocycles. The van der Waals surface area contributed by atoms with Crippen LogP contribution < -0.4 is 20.3 Å². The number of ether oxygens (including phenoxy) is 2. The molecule has 0 spiro atoms. The number of rotatable bonds is 9. The number of piperazine rings is 1. The molecule has 0 aliphatic carbocycles. The molecule has 3 atom stereocenters. The highest BCUT2D eigenvalue weighted by Gasteiger charge is 2.37. The summed E-state index contributed by atoms with van der Waals surface area (Å²) < 4.78 is 65.4. The number of H-pyrrole nitrogens is 1. The van der Waals surface area contributed by atoms with Crippen LogP contribution in [0, 0.1) is 17.3 Å². The molecular weight excluding hydrogens is 812 g/mol. The highest BCUT2D eigenvalue weighted by Crippen LogP contribution is 2.41. The number of nitrogens with zero attached hydrogens (tertiary/aromatic N) is 5. The molecule has 320 valence electrons. The average Bonchev–Trinajstić information content (AvgIpc) is 3.78. The van der Waals surface area contributed by atoms with Crippen LogP contribution in [0.15, 0.2) is 54.7 Å². The van der Waals surface area contributed by atoms with Crippen LogP contribution in [0.1, 0.15) is 63.3 Å². The SMILES string of the molecule is COC(=O)NCC(=O)N1C[C@@H](C)C[C@H]1c1nc(-c2ccc(-c3cc(Cl)c(NC(=O)c4ccc(N5CCN(C(=O)C(C)(C)C)C[C@H]5C)nc4)cc3OC(F)(F)F)cc2)c(F)[nH]1. The summed E-state index contributed by atoms with van der Waals surface area (Å²) in [4.78, 5) is 67.4. The van der Waals surface area contributed by atoms with E-state index in [0.717, 1.165) is 6.07 Å². The van der Waals surface area contributed by atoms with E-state index in [9.17, 15) is 32.3 Å². The second kappa shape index (κ2) is 17.4. The van der Waals surface area contributed by atoms with Crippen molar-refractivity contribution in [3.63, 3.8) is 0 Å². The largest absolute Gasteiger partial charge is 0.573 e. The molecule has 19 heteroatoms. The molecule has 2 fully saturated rings. The molecule has 2 saturated heterocycles. The number of imidazole rings is 1. The summed E-state index contributed by atoms with van der Waals surface area (Å²) in [6.07, 6.45) is -4.05. The van der Waals surface area contributed by atoms with Gasteiger partial charge in [0.1, 0.15) is 29.6 Å². The van der Waals surface area contributed by atoms with E-state index in [4.69, 9.17) is 11.6 Å². The van der Waals surface area contributed by atoms with Gasteiger partial charge in [0, 0.05) is 61.0 Å². The number of alkyl carbamates (subject to hydrolysis) is 1. The molecule has 60 heavy (non-hydrogen) atoms. The molecule has 0 bridgehead atoms. The van der Waals surface area contributed by atoms with Gasteiger partial charge in [0.2, 0.25) is 17.8 Å². The van der Waals surface area contributed by atoms with Crippen molar-refractivity contribution in [3.05, 3.63) is 77.1 Å². The fraction of sp³-hybridized carbons (Fsp3) is 0.415. The van der Waals surface area contributed by atoms with E-state index < -0.39 is 47.4 Å². The Bertz CT molecular complexity index is 2250. The minimum Gasteiger partial charge on any atom is -0.453 e. The Morgan fingerprint density at radius 1 is 0.983 bits per heavy atom. The third-order valence-electron chi connectivity index (χ3n) is 10.3. The van der Waals surface area contributed by atoms with Crippen LogP contribution >= 0.6 is 11.6 Å². The Balaban J connectivity index is 1.17. The van der Waals surface area contributed by atoms with Crippen molar-refractivity contribution in [2.45, 2.75) is 59.5 Å². The van der Waals surface area contributed by atoms with E-state index >= 15 is 4.39 Å². The lowest BCUT2D eigenvalue weighted by Crippen LogP contribution is -2.56. The Labute approximate surface area is 348 Å². The number of pyridine rings is 1. The Hall–Kier alpha value is -5.91. The van der Waals surface area contributed by atoms with Crippen LogP contribution in [0.5, 0.6) is 5.75 Å². The summed E-state index contributed by atoms with van der Waals surface area (Å²) in [5, 5.41) is 4.80. The topological polar surface area (TPSA) is 162 Å². The predicted molar refractivity (Wildman–Crippen MR) is 215 cm³/mol. The number of likely N-dealkylation sites (tertiary alicyclic amines) is 1. The molecule has 4 heterocycles. The normalized spacial score (nSPS) is 18.3. The Kier molecular flexibility index (Phi) is 12.6. The van der Waals surface area contributed by atoms with Crippen LogP contribution in [0.3, 0.4) is 0 Å². The molecule has 0 unspecified atom stereocenters. The number of hydrogen-bond acceptors (Lipinski definition) is 9. The molecule has 2 aliphatic rings. The van der Waals surface area contributed by atoms with Crippen molar-refractivity contribution in [1.29, 1.82) is 0 Å². The van der Waals surface area contributed by atoms with Crippen molar-refractivity contribution in [2.75, 3.05) is 50.1 Å². The molecule has 4 aromatic rings. The van der Waals surface area contributed by atoms with E-state index in [2.05, 4.69) is 35.1 Å². The summed E-state index contributed by atoms with van der Waals surface area (Å²) in [5.41, 5.74) is -0.166. The van der Waals surface area contributed by atoms with Crippen LogP contribution in [0.4, 0.5) is 33.9 Å². The number of benzene rings is 2. The maximum atomic E-state index is 15.4. The number of alkyl halides is 3. The number of amides is 4. The number of carbonyl (C=O) groups excluding carboxylic acids is 4. The van der Waals surface area contributed by atoms with Gasteiger partial charge in [-0.3, -0.25) is 14.4 Å². The Morgan fingerprint density at radius 3 is 2.30 bits per heavy atom. The molecule has 2 aromatic carbocycles. The summed E-state index contributed by atoms with van der Waals surface area (Å²) in [7, 11) is 1.17. The quantitative estimate of drug-likeness (QED) is 0.145. The van der Waals surface area contributed by atoms with Gasteiger partial charge in [-0.1, -0.05) is 63.6 Å². The summed E-state index contributed by atoms with van der Waals surface area (Å²) >= 11 is 6.54. The zero-order valence-corrected chi connectivity index (χ0v) is 34.5. The summed E-state index contributed by atoms with van der Waals surface area (Å²) in [6, 6.07) is 10.5. The fourth-order valence-corrected chi connectivity index (χ4v) is 7.56. The molecular formula is C41H45ClF4N8O6. The second-order valence-corrected chi connectivity index (χ2v) is 16.3. The maximum absolute atomic E-state index is 15.4. The molecule has 4 amide bonds. The van der Waals surface area contributed by atoms with Crippen LogP contribution in [0.2, 0.25) is 5.02 Å². The minimum absolute atomic E-state index is 0.0439. The number of hydrogen-bond donors (Lipinski definition) is 3. The van der Waals surface area contributed by atoms with Gasteiger partial charge in [-0.15, -0.1) is 13.2 Å². The third kappa shape index (κ3) is 9.92. The van der Waals surface area contributed by atoms with Crippen LogP contribution in [-0.2, 0) is 14.3 Å². The lowest BCUT2D eigenvalue weighted by atomic mass is 9.94. The smallest absolute Gasteiger partial charge is 0.453 e. The molecule has 0 saturated carbocycles. The lowest BCUT2D eigenvalue weighted by Gasteiger charge is -2.42. The van der Waals surface area contributed by atoms with Crippen LogP contribution in [-0.4, -0.2) is 101 Å². The van der Waals surface area contributed by atoms with E-state index in [-0.39, 0.29) is 68.9 Å². The first-order valence-electron chi connectivity index (χ1n) is 19.1. The van der Waals surface area contributed by atoms with E-state index in [0.29, 0.717) is 38.4 Å². The standard InChI is InChI=1S/C41H45ClF4N8O6/c1-22-15-30(54(20-22)33(55)19-48-39(58)59-6)36-50-34(35(43)51-36)25-9-7-24(8-10-25)27-16-28(42)29(17-31(27)60-41(44,45)46)49-37(56)26-11-12-32(47-18-26)53-14-13-52(21-23(53)2)38(57)40(3,4)5/h7-12,16-18,22-23,30H,13-15,19-21H2,1-6H3,(H,48,58)(H,49,56)(H,50,51)/t22-,23+,30-/m0/s1. The number of nitrogens with one attached hydrogen (secondary N) is 3. The van der Waals surface area contributed by atoms with Crippen molar-refractivity contribution in [1.82, 2.24) is 30.1 Å². The van der Waals surface area contributed by atoms with Gasteiger partial charge in [-0.05, 0) is 43.0 Å². The number of carbonyl (C=O) groups is 4. The van der Waals surface area contributed by atoms with Gasteiger partial charge in [0.25, 0.3) is 5.91 Å². The molecule has 14 nitrogen and oxygen atoms in total. The van der Waals surface area contributed by atoms with Gasteiger partial charge in [0.15, 0.2) is 0 Å².